The van der Waals surface area contributed by atoms with Gasteiger partial charge in [0, 0.05) is 42.8 Å². The first-order chi connectivity index (χ1) is 17.0. The first kappa shape index (κ1) is 24.9. The SMILES string of the molecule is O=CN[C@H]1CC[C@@H](NCCCOCC#Cc2ccc3c(c2)CN(C2CCC(=O)NC2=O)C3=O)CC1. The molecule has 3 N–H and O–H groups in total. The second-order valence-electron chi connectivity index (χ2n) is 9.27. The summed E-state index contributed by atoms with van der Waals surface area (Å²) >= 11 is 0. The largest absolute Gasteiger partial charge is 0.369 e. The van der Waals surface area contributed by atoms with E-state index in [9.17, 15) is 19.2 Å². The lowest BCUT2D eigenvalue weighted by atomic mass is 9.91. The van der Waals surface area contributed by atoms with Gasteiger partial charge in [-0.05, 0) is 68.8 Å². The van der Waals surface area contributed by atoms with Crippen molar-refractivity contribution in [3.63, 3.8) is 0 Å². The van der Waals surface area contributed by atoms with Gasteiger partial charge in [0.05, 0.1) is 0 Å². The molecule has 2 aliphatic heterocycles. The molecule has 1 saturated carbocycles. The molecule has 9 nitrogen and oxygen atoms in total. The molecule has 2 heterocycles. The Morgan fingerprint density at radius 2 is 1.91 bits per heavy atom. The molecule has 1 aromatic carbocycles. The van der Waals surface area contributed by atoms with Crippen LogP contribution in [0.15, 0.2) is 18.2 Å². The second kappa shape index (κ2) is 12.0. The first-order valence-electron chi connectivity index (χ1n) is 12.3. The van der Waals surface area contributed by atoms with Crippen molar-refractivity contribution in [1.29, 1.82) is 0 Å². The van der Waals surface area contributed by atoms with Crippen molar-refractivity contribution in [3.05, 3.63) is 34.9 Å². The first-order valence-corrected chi connectivity index (χ1v) is 12.3. The van der Waals surface area contributed by atoms with Crippen molar-refractivity contribution in [2.75, 3.05) is 19.8 Å². The summed E-state index contributed by atoms with van der Waals surface area (Å²) < 4.78 is 5.62. The highest BCUT2D eigenvalue weighted by atomic mass is 16.5. The number of rotatable bonds is 9. The lowest BCUT2D eigenvalue weighted by Gasteiger charge is -2.29. The van der Waals surface area contributed by atoms with E-state index in [1.807, 2.05) is 6.07 Å². The lowest BCUT2D eigenvalue weighted by Crippen LogP contribution is -2.52. The van der Waals surface area contributed by atoms with Crippen LogP contribution in [0, 0.1) is 11.8 Å². The summed E-state index contributed by atoms with van der Waals surface area (Å²) in [6, 6.07) is 5.67. The molecule has 35 heavy (non-hydrogen) atoms. The van der Waals surface area contributed by atoms with Gasteiger partial charge in [0.1, 0.15) is 12.6 Å². The van der Waals surface area contributed by atoms with E-state index < -0.39 is 11.9 Å². The van der Waals surface area contributed by atoms with Crippen LogP contribution in [-0.2, 0) is 25.7 Å². The van der Waals surface area contributed by atoms with Crippen LogP contribution in [0.5, 0.6) is 0 Å². The smallest absolute Gasteiger partial charge is 0.255 e. The number of amides is 4. The van der Waals surface area contributed by atoms with Crippen LogP contribution < -0.4 is 16.0 Å². The molecule has 1 aliphatic carbocycles. The summed E-state index contributed by atoms with van der Waals surface area (Å²) in [4.78, 5) is 48.3. The van der Waals surface area contributed by atoms with Crippen LogP contribution in [-0.4, -0.2) is 66.9 Å². The maximum absolute atomic E-state index is 12.7. The van der Waals surface area contributed by atoms with Crippen LogP contribution in [0.2, 0.25) is 0 Å². The molecule has 4 amide bonds. The highest BCUT2D eigenvalue weighted by Gasteiger charge is 2.39. The van der Waals surface area contributed by atoms with Crippen molar-refractivity contribution in [2.24, 2.45) is 0 Å². The van der Waals surface area contributed by atoms with Gasteiger partial charge >= 0.3 is 0 Å². The molecule has 2 fully saturated rings. The van der Waals surface area contributed by atoms with Crippen LogP contribution >= 0.6 is 0 Å². The quantitative estimate of drug-likeness (QED) is 0.209. The highest BCUT2D eigenvalue weighted by molar-refractivity contribution is 6.05. The fourth-order valence-corrected chi connectivity index (χ4v) is 4.95. The van der Waals surface area contributed by atoms with E-state index >= 15 is 0 Å². The van der Waals surface area contributed by atoms with Gasteiger partial charge in [0.15, 0.2) is 0 Å². The van der Waals surface area contributed by atoms with Gasteiger partial charge in [-0.3, -0.25) is 24.5 Å². The van der Waals surface area contributed by atoms with E-state index in [-0.39, 0.29) is 18.2 Å². The van der Waals surface area contributed by atoms with Crippen LogP contribution in [0.1, 0.15) is 66.4 Å². The van der Waals surface area contributed by atoms with Crippen molar-refractivity contribution >= 4 is 24.1 Å². The van der Waals surface area contributed by atoms with Crippen LogP contribution in [0.4, 0.5) is 0 Å². The number of ether oxygens (including phenoxy) is 1. The molecule has 0 bridgehead atoms. The Bertz CT molecular complexity index is 1020. The fraction of sp³-hybridized carbons (Fsp3) is 0.538. The molecule has 4 rings (SSSR count). The van der Waals surface area contributed by atoms with Gasteiger partial charge < -0.3 is 20.3 Å². The molecule has 186 valence electrons. The Hall–Kier alpha value is -3.22. The van der Waals surface area contributed by atoms with E-state index in [0.717, 1.165) is 56.2 Å². The number of nitrogens with one attached hydrogen (secondary N) is 3. The summed E-state index contributed by atoms with van der Waals surface area (Å²) in [5.74, 6) is 5.21. The summed E-state index contributed by atoms with van der Waals surface area (Å²) in [5, 5.41) is 8.73. The molecule has 1 aromatic rings. The number of carbonyl (C=O) groups excluding carboxylic acids is 4. The number of benzene rings is 1. The molecular formula is C26H32N4O5. The average molecular weight is 481 g/mol. The Kier molecular flexibility index (Phi) is 8.50. The highest BCUT2D eigenvalue weighted by Crippen LogP contribution is 2.28. The third kappa shape index (κ3) is 6.47. The Labute approximate surface area is 205 Å². The molecule has 1 unspecified atom stereocenters. The molecule has 9 heteroatoms. The average Bonchev–Trinajstić information content (AvgIpc) is 3.17. The monoisotopic (exact) mass is 480 g/mol. The molecular weight excluding hydrogens is 448 g/mol. The summed E-state index contributed by atoms with van der Waals surface area (Å²) in [5.41, 5.74) is 2.22. The standard InChI is InChI=1S/C26H32N4O5/c31-17-28-21-7-5-20(6-8-21)27-12-2-14-35-13-1-3-18-4-9-22-19(15-18)16-30(26(22)34)23-10-11-24(32)29-25(23)33/h4,9,15,17,20-21,23,27H,2,5-8,10-14,16H2,(H,28,31)(H,29,32,33)/t20-,21+,23?. The predicted octanol–water partition coefficient (Wildman–Crippen LogP) is 0.853. The van der Waals surface area contributed by atoms with Crippen molar-refractivity contribution in [3.8, 4) is 11.8 Å². The number of nitrogens with zero attached hydrogens (tertiary/aromatic N) is 1. The minimum Gasteiger partial charge on any atom is -0.369 e. The minimum absolute atomic E-state index is 0.184. The summed E-state index contributed by atoms with van der Waals surface area (Å²) in [6.07, 6.45) is 6.50. The lowest BCUT2D eigenvalue weighted by molar-refractivity contribution is -0.136. The van der Waals surface area contributed by atoms with Crippen molar-refractivity contribution in [1.82, 2.24) is 20.9 Å². The number of imide groups is 1. The number of carbonyl (C=O) groups is 4. The summed E-state index contributed by atoms with van der Waals surface area (Å²) in [6.45, 7) is 2.20. The third-order valence-corrected chi connectivity index (χ3v) is 6.86. The summed E-state index contributed by atoms with van der Waals surface area (Å²) in [7, 11) is 0. The molecule has 0 radical (unpaired) electrons. The van der Waals surface area contributed by atoms with Crippen molar-refractivity contribution in [2.45, 2.75) is 69.6 Å². The Balaban J connectivity index is 1.15. The van der Waals surface area contributed by atoms with Gasteiger partial charge in [-0.15, -0.1) is 0 Å². The Morgan fingerprint density at radius 1 is 1.11 bits per heavy atom. The molecule has 0 spiro atoms. The van der Waals surface area contributed by atoms with E-state index in [2.05, 4.69) is 27.8 Å². The van der Waals surface area contributed by atoms with Crippen LogP contribution in [0.25, 0.3) is 0 Å². The molecule has 0 aromatic heterocycles. The molecule has 1 saturated heterocycles. The van der Waals surface area contributed by atoms with E-state index in [4.69, 9.17) is 4.74 Å². The van der Waals surface area contributed by atoms with Gasteiger partial charge in [0.2, 0.25) is 18.2 Å². The Morgan fingerprint density at radius 3 is 2.69 bits per heavy atom. The normalized spacial score (nSPS) is 23.8. The zero-order valence-electron chi connectivity index (χ0n) is 19.8. The van der Waals surface area contributed by atoms with E-state index in [0.29, 0.717) is 43.8 Å². The minimum atomic E-state index is -0.612. The van der Waals surface area contributed by atoms with E-state index in [1.54, 1.807) is 12.1 Å². The number of piperidine rings is 1. The number of hydrogen-bond acceptors (Lipinski definition) is 6. The maximum Gasteiger partial charge on any atom is 0.255 e. The van der Waals surface area contributed by atoms with Gasteiger partial charge in [-0.2, -0.15) is 0 Å². The zero-order chi connectivity index (χ0) is 24.6. The van der Waals surface area contributed by atoms with Crippen molar-refractivity contribution < 1.29 is 23.9 Å². The van der Waals surface area contributed by atoms with Gasteiger partial charge in [0.25, 0.3) is 5.91 Å². The van der Waals surface area contributed by atoms with Gasteiger partial charge in [-0.1, -0.05) is 11.8 Å². The predicted molar refractivity (Wildman–Crippen MR) is 128 cm³/mol. The molecule has 3 aliphatic rings. The second-order valence-corrected chi connectivity index (χ2v) is 9.27. The third-order valence-electron chi connectivity index (χ3n) is 6.86. The van der Waals surface area contributed by atoms with Gasteiger partial charge in [-0.25, -0.2) is 0 Å². The number of hydrogen-bond donors (Lipinski definition) is 3. The molecule has 1 atom stereocenters. The van der Waals surface area contributed by atoms with E-state index in [1.165, 1.54) is 4.90 Å². The number of fused-ring (bicyclic) bond motifs is 1. The fourth-order valence-electron chi connectivity index (χ4n) is 4.95. The van der Waals surface area contributed by atoms with Crippen LogP contribution in [0.3, 0.4) is 0 Å². The zero-order valence-corrected chi connectivity index (χ0v) is 19.8. The maximum atomic E-state index is 12.7. The topological polar surface area (TPSA) is 117 Å².